The second kappa shape index (κ2) is 7.81. The zero-order chi connectivity index (χ0) is 16.9. The number of hydrogen-bond donors (Lipinski definition) is 3. The quantitative estimate of drug-likeness (QED) is 0.777. The van der Waals surface area contributed by atoms with E-state index in [4.69, 9.17) is 17.3 Å². The lowest BCUT2D eigenvalue weighted by molar-refractivity contribution is -0.121. The molecule has 2 aromatic rings. The zero-order valence-corrected chi connectivity index (χ0v) is 14.4. The van der Waals surface area contributed by atoms with Crippen molar-refractivity contribution >= 4 is 34.1 Å². The van der Waals surface area contributed by atoms with E-state index in [0.717, 1.165) is 42.3 Å². The molecular weight excluding hydrogens is 324 g/mol. The van der Waals surface area contributed by atoms with E-state index in [-0.39, 0.29) is 11.9 Å². The third-order valence-corrected chi connectivity index (χ3v) is 4.76. The molecule has 5 nitrogen and oxygen atoms in total. The number of hydrogen-bond acceptors (Lipinski definition) is 4. The molecule has 0 unspecified atom stereocenters. The smallest absolute Gasteiger partial charge is 0.221 e. The maximum Gasteiger partial charge on any atom is 0.221 e. The number of pyridine rings is 1. The molecule has 0 aliphatic heterocycles. The number of aromatic nitrogens is 1. The van der Waals surface area contributed by atoms with Crippen molar-refractivity contribution in [2.24, 2.45) is 5.73 Å². The minimum atomic E-state index is 0.0610. The lowest BCUT2D eigenvalue weighted by Gasteiger charge is -2.30. The van der Waals surface area contributed by atoms with Crippen molar-refractivity contribution in [1.82, 2.24) is 10.3 Å². The van der Waals surface area contributed by atoms with Crippen LogP contribution in [0.15, 0.2) is 30.5 Å². The summed E-state index contributed by atoms with van der Waals surface area (Å²) in [6.07, 6.45) is 6.25. The van der Waals surface area contributed by atoms with E-state index in [2.05, 4.69) is 15.6 Å². The first-order valence-corrected chi connectivity index (χ1v) is 8.84. The van der Waals surface area contributed by atoms with Gasteiger partial charge in [-0.05, 0) is 49.9 Å². The van der Waals surface area contributed by atoms with Crippen molar-refractivity contribution < 1.29 is 4.79 Å². The Labute approximate surface area is 147 Å². The summed E-state index contributed by atoms with van der Waals surface area (Å²) in [5, 5.41) is 8.47. The van der Waals surface area contributed by atoms with Crippen molar-refractivity contribution in [3.8, 4) is 0 Å². The number of carbonyl (C=O) groups is 1. The second-order valence-electron chi connectivity index (χ2n) is 6.32. The van der Waals surface area contributed by atoms with Crippen LogP contribution in [-0.2, 0) is 4.79 Å². The van der Waals surface area contributed by atoms with E-state index in [1.165, 1.54) is 0 Å². The molecule has 1 heterocycles. The lowest BCUT2D eigenvalue weighted by atomic mass is 9.90. The van der Waals surface area contributed by atoms with Gasteiger partial charge in [0.1, 0.15) is 0 Å². The van der Waals surface area contributed by atoms with Crippen molar-refractivity contribution in [2.75, 3.05) is 11.9 Å². The molecule has 4 N–H and O–H groups in total. The van der Waals surface area contributed by atoms with Gasteiger partial charge in [0.2, 0.25) is 5.91 Å². The molecule has 0 atom stereocenters. The van der Waals surface area contributed by atoms with Gasteiger partial charge >= 0.3 is 0 Å². The molecule has 0 bridgehead atoms. The first kappa shape index (κ1) is 17.0. The zero-order valence-electron chi connectivity index (χ0n) is 13.6. The highest BCUT2D eigenvalue weighted by molar-refractivity contribution is 6.31. The van der Waals surface area contributed by atoms with Gasteiger partial charge in [0.15, 0.2) is 0 Å². The number of amides is 1. The van der Waals surface area contributed by atoms with E-state index in [0.29, 0.717) is 24.0 Å². The normalized spacial score (nSPS) is 20.8. The Morgan fingerprint density at radius 3 is 2.71 bits per heavy atom. The maximum absolute atomic E-state index is 11.6. The Morgan fingerprint density at radius 1 is 1.21 bits per heavy atom. The number of nitrogens with two attached hydrogens (primary N) is 1. The van der Waals surface area contributed by atoms with Crippen LogP contribution in [0.4, 0.5) is 5.69 Å². The van der Waals surface area contributed by atoms with Crippen LogP contribution in [0.5, 0.6) is 0 Å². The summed E-state index contributed by atoms with van der Waals surface area (Å²) in [7, 11) is 0. The third-order valence-electron chi connectivity index (χ3n) is 4.53. The standard InChI is InChI=1S/C18H23ClN4O/c19-12-1-6-15-16(8-10-21-17(15)11-12)22-13-2-4-14(5-3-13)23-18(24)7-9-20/h1,6,8,10-11,13-14H,2-5,7,9,20H2,(H,21,22)(H,23,24). The Bertz CT molecular complexity index is 713. The number of nitrogens with zero attached hydrogens (tertiary/aromatic N) is 1. The number of rotatable bonds is 5. The van der Waals surface area contributed by atoms with Gasteiger partial charge in [-0.15, -0.1) is 0 Å². The average Bonchev–Trinajstić information content (AvgIpc) is 2.57. The van der Waals surface area contributed by atoms with Crippen LogP contribution in [0, 0.1) is 0 Å². The first-order chi connectivity index (χ1) is 11.7. The van der Waals surface area contributed by atoms with Crippen molar-refractivity contribution in [1.29, 1.82) is 0 Å². The fraction of sp³-hybridized carbons (Fsp3) is 0.444. The molecule has 1 fully saturated rings. The summed E-state index contributed by atoms with van der Waals surface area (Å²) in [6, 6.07) is 8.47. The molecule has 6 heteroatoms. The lowest BCUT2D eigenvalue weighted by Crippen LogP contribution is -2.40. The molecule has 1 aliphatic carbocycles. The number of anilines is 1. The van der Waals surface area contributed by atoms with Gasteiger partial charge in [0.05, 0.1) is 5.52 Å². The van der Waals surface area contributed by atoms with Gasteiger partial charge in [-0.3, -0.25) is 9.78 Å². The number of fused-ring (bicyclic) bond motifs is 1. The van der Waals surface area contributed by atoms with Crippen LogP contribution in [-0.4, -0.2) is 29.5 Å². The van der Waals surface area contributed by atoms with Crippen molar-refractivity contribution in [3.05, 3.63) is 35.5 Å². The number of nitrogens with one attached hydrogen (secondary N) is 2. The minimum absolute atomic E-state index is 0.0610. The van der Waals surface area contributed by atoms with Crippen LogP contribution in [0.2, 0.25) is 5.02 Å². The van der Waals surface area contributed by atoms with Gasteiger partial charge in [0, 0.05) is 47.3 Å². The topological polar surface area (TPSA) is 80.0 Å². The Balaban J connectivity index is 1.59. The first-order valence-electron chi connectivity index (χ1n) is 8.46. The van der Waals surface area contributed by atoms with Crippen LogP contribution in [0.25, 0.3) is 10.9 Å². The average molecular weight is 347 g/mol. The van der Waals surface area contributed by atoms with E-state index < -0.39 is 0 Å². The summed E-state index contributed by atoms with van der Waals surface area (Å²) >= 11 is 6.04. The van der Waals surface area contributed by atoms with Crippen LogP contribution >= 0.6 is 11.6 Å². The predicted molar refractivity (Wildman–Crippen MR) is 98.2 cm³/mol. The van der Waals surface area contributed by atoms with Gasteiger partial charge in [-0.2, -0.15) is 0 Å². The molecule has 128 valence electrons. The summed E-state index contributed by atoms with van der Waals surface area (Å²) in [5.74, 6) is 0.0610. The molecule has 1 amide bonds. The second-order valence-corrected chi connectivity index (χ2v) is 6.76. The molecule has 0 radical (unpaired) electrons. The molecule has 1 aromatic heterocycles. The van der Waals surface area contributed by atoms with E-state index in [9.17, 15) is 4.79 Å². The van der Waals surface area contributed by atoms with Crippen molar-refractivity contribution in [2.45, 2.75) is 44.2 Å². The van der Waals surface area contributed by atoms with Gasteiger partial charge in [-0.1, -0.05) is 11.6 Å². The maximum atomic E-state index is 11.6. The molecule has 1 aliphatic rings. The summed E-state index contributed by atoms with van der Waals surface area (Å²) in [6.45, 7) is 0.405. The van der Waals surface area contributed by atoms with Crippen LogP contribution < -0.4 is 16.4 Å². The monoisotopic (exact) mass is 346 g/mol. The third kappa shape index (κ3) is 4.16. The van der Waals surface area contributed by atoms with E-state index in [1.807, 2.05) is 24.3 Å². The van der Waals surface area contributed by atoms with E-state index in [1.54, 1.807) is 6.20 Å². The molecule has 1 saturated carbocycles. The molecule has 0 spiro atoms. The van der Waals surface area contributed by atoms with Gasteiger partial charge < -0.3 is 16.4 Å². The van der Waals surface area contributed by atoms with Crippen molar-refractivity contribution in [3.63, 3.8) is 0 Å². The summed E-state index contributed by atoms with van der Waals surface area (Å²) in [5.41, 5.74) is 7.40. The molecule has 1 aromatic carbocycles. The predicted octanol–water partition coefficient (Wildman–Crippen LogP) is 3.08. The largest absolute Gasteiger partial charge is 0.382 e. The number of benzene rings is 1. The molecular formula is C18H23ClN4O. The van der Waals surface area contributed by atoms with Gasteiger partial charge in [-0.25, -0.2) is 0 Å². The highest BCUT2D eigenvalue weighted by Gasteiger charge is 2.22. The molecule has 3 rings (SSSR count). The Hall–Kier alpha value is -1.85. The minimum Gasteiger partial charge on any atom is -0.382 e. The SMILES string of the molecule is NCCC(=O)NC1CCC(Nc2ccnc3cc(Cl)ccc23)CC1. The summed E-state index contributed by atoms with van der Waals surface area (Å²) < 4.78 is 0. The fourth-order valence-electron chi connectivity index (χ4n) is 3.28. The number of halogens is 1. The highest BCUT2D eigenvalue weighted by atomic mass is 35.5. The van der Waals surface area contributed by atoms with E-state index >= 15 is 0 Å². The Morgan fingerprint density at radius 2 is 1.96 bits per heavy atom. The summed E-state index contributed by atoms with van der Waals surface area (Å²) in [4.78, 5) is 16.0. The van der Waals surface area contributed by atoms with Crippen LogP contribution in [0.3, 0.4) is 0 Å². The Kier molecular flexibility index (Phi) is 5.53. The van der Waals surface area contributed by atoms with Crippen LogP contribution in [0.1, 0.15) is 32.1 Å². The molecule has 0 saturated heterocycles. The van der Waals surface area contributed by atoms with Gasteiger partial charge in [0.25, 0.3) is 0 Å². The molecule has 24 heavy (non-hydrogen) atoms. The fourth-order valence-corrected chi connectivity index (χ4v) is 3.45. The number of carbonyl (C=O) groups excluding carboxylic acids is 1. The highest BCUT2D eigenvalue weighted by Crippen LogP contribution is 2.28.